The summed E-state index contributed by atoms with van der Waals surface area (Å²) < 4.78 is 13.6. The van der Waals surface area contributed by atoms with Gasteiger partial charge in [-0.15, -0.1) is 0 Å². The second-order valence-corrected chi connectivity index (χ2v) is 5.80. The van der Waals surface area contributed by atoms with Gasteiger partial charge >= 0.3 is 0 Å². The summed E-state index contributed by atoms with van der Waals surface area (Å²) in [5, 5.41) is 11.1. The largest absolute Gasteiger partial charge is 0.384 e. The lowest BCUT2D eigenvalue weighted by Gasteiger charge is -2.16. The Kier molecular flexibility index (Phi) is 4.29. The Hall–Kier alpha value is -0.900. The first-order valence-electron chi connectivity index (χ1n) is 5.80. The molecule has 0 bridgehead atoms. The highest BCUT2D eigenvalue weighted by Gasteiger charge is 2.15. The number of rotatable bonds is 2. The highest BCUT2D eigenvalue weighted by molar-refractivity contribution is 9.10. The Bertz CT molecular complexity index is 628. The van der Waals surface area contributed by atoms with Crippen molar-refractivity contribution in [2.45, 2.75) is 20.0 Å². The molecule has 2 aromatic rings. The molecule has 1 N–H and O–H groups in total. The molecule has 0 spiro atoms. The van der Waals surface area contributed by atoms with Crippen LogP contribution in [-0.4, -0.2) is 5.11 Å². The zero-order chi connectivity index (χ0) is 14.2. The summed E-state index contributed by atoms with van der Waals surface area (Å²) in [5.74, 6) is -0.347. The van der Waals surface area contributed by atoms with Gasteiger partial charge in [-0.3, -0.25) is 0 Å². The topological polar surface area (TPSA) is 20.2 Å². The van der Waals surface area contributed by atoms with Gasteiger partial charge in [-0.1, -0.05) is 23.7 Å². The van der Waals surface area contributed by atoms with Gasteiger partial charge in [-0.25, -0.2) is 4.39 Å². The van der Waals surface area contributed by atoms with E-state index in [0.29, 0.717) is 15.1 Å². The number of benzene rings is 2. The fourth-order valence-corrected chi connectivity index (χ4v) is 2.57. The molecular weight excluding hydrogens is 331 g/mol. The molecule has 0 saturated heterocycles. The van der Waals surface area contributed by atoms with E-state index >= 15 is 0 Å². The van der Waals surface area contributed by atoms with Crippen LogP contribution in [0.5, 0.6) is 0 Å². The molecule has 4 heteroatoms. The Morgan fingerprint density at radius 1 is 1.16 bits per heavy atom. The predicted molar refractivity (Wildman–Crippen MR) is 79.1 cm³/mol. The van der Waals surface area contributed by atoms with Gasteiger partial charge in [0.1, 0.15) is 11.9 Å². The van der Waals surface area contributed by atoms with Crippen LogP contribution in [0.3, 0.4) is 0 Å². The minimum atomic E-state index is -0.798. The summed E-state index contributed by atoms with van der Waals surface area (Å²) in [4.78, 5) is 0. The smallest absolute Gasteiger partial charge is 0.137 e. The van der Waals surface area contributed by atoms with E-state index in [4.69, 9.17) is 11.6 Å². The summed E-state index contributed by atoms with van der Waals surface area (Å²) in [7, 11) is 0. The lowest BCUT2D eigenvalue weighted by Crippen LogP contribution is -2.03. The van der Waals surface area contributed by atoms with Crippen molar-refractivity contribution in [2.24, 2.45) is 0 Å². The fourth-order valence-electron chi connectivity index (χ4n) is 1.96. The van der Waals surface area contributed by atoms with Crippen molar-refractivity contribution in [3.05, 3.63) is 67.9 Å². The average molecular weight is 344 g/mol. The molecule has 0 aliphatic rings. The maximum absolute atomic E-state index is 13.2. The molecule has 1 nitrogen and oxygen atoms in total. The highest BCUT2D eigenvalue weighted by Crippen LogP contribution is 2.30. The SMILES string of the molecule is Cc1cc(C(O)c2ccc(F)c(Br)c2)c(C)cc1Cl. The first-order valence-corrected chi connectivity index (χ1v) is 6.97. The van der Waals surface area contributed by atoms with Crippen LogP contribution < -0.4 is 0 Å². The van der Waals surface area contributed by atoms with Crippen LogP contribution >= 0.6 is 27.5 Å². The van der Waals surface area contributed by atoms with E-state index in [0.717, 1.165) is 16.7 Å². The van der Waals surface area contributed by atoms with E-state index in [1.807, 2.05) is 26.0 Å². The lowest BCUT2D eigenvalue weighted by molar-refractivity contribution is 0.219. The number of hydrogen-bond acceptors (Lipinski definition) is 1. The van der Waals surface area contributed by atoms with Gasteiger partial charge in [0.25, 0.3) is 0 Å². The monoisotopic (exact) mass is 342 g/mol. The number of halogens is 3. The molecule has 19 heavy (non-hydrogen) atoms. The van der Waals surface area contributed by atoms with Gasteiger partial charge in [0, 0.05) is 5.02 Å². The third-order valence-corrected chi connectivity index (χ3v) is 4.12. The molecular formula is C15H13BrClFO. The van der Waals surface area contributed by atoms with Gasteiger partial charge in [0.15, 0.2) is 0 Å². The Morgan fingerprint density at radius 2 is 1.84 bits per heavy atom. The molecule has 0 saturated carbocycles. The van der Waals surface area contributed by atoms with Crippen LogP contribution in [0, 0.1) is 19.7 Å². The Labute approximate surface area is 125 Å². The molecule has 2 rings (SSSR count). The van der Waals surface area contributed by atoms with Gasteiger partial charge in [-0.2, -0.15) is 0 Å². The standard InChI is InChI=1S/C15H13BrClFO/c1-8-6-13(17)9(2)5-11(8)15(19)10-3-4-14(18)12(16)7-10/h3-7,15,19H,1-2H3. The molecule has 2 aromatic carbocycles. The second-order valence-electron chi connectivity index (χ2n) is 4.53. The third kappa shape index (κ3) is 2.99. The summed E-state index contributed by atoms with van der Waals surface area (Å²) in [6, 6.07) is 8.19. The minimum absolute atomic E-state index is 0.340. The third-order valence-electron chi connectivity index (χ3n) is 3.10. The molecule has 0 heterocycles. The highest BCUT2D eigenvalue weighted by atomic mass is 79.9. The molecule has 0 radical (unpaired) electrons. The van der Waals surface area contributed by atoms with Crippen LogP contribution in [-0.2, 0) is 0 Å². The van der Waals surface area contributed by atoms with E-state index < -0.39 is 6.10 Å². The van der Waals surface area contributed by atoms with Crippen molar-refractivity contribution in [1.82, 2.24) is 0 Å². The van der Waals surface area contributed by atoms with Crippen molar-refractivity contribution in [2.75, 3.05) is 0 Å². The predicted octanol–water partition coefficient (Wildman–Crippen LogP) is 4.94. The van der Waals surface area contributed by atoms with E-state index in [9.17, 15) is 9.50 Å². The van der Waals surface area contributed by atoms with Crippen LogP contribution in [0.2, 0.25) is 5.02 Å². The molecule has 0 amide bonds. The number of hydrogen-bond donors (Lipinski definition) is 1. The minimum Gasteiger partial charge on any atom is -0.384 e. The van der Waals surface area contributed by atoms with Gasteiger partial charge in [0.05, 0.1) is 4.47 Å². The summed E-state index contributed by atoms with van der Waals surface area (Å²) in [6.07, 6.45) is -0.798. The summed E-state index contributed by atoms with van der Waals surface area (Å²) in [6.45, 7) is 3.78. The zero-order valence-electron chi connectivity index (χ0n) is 10.5. The van der Waals surface area contributed by atoms with Crippen LogP contribution in [0.1, 0.15) is 28.4 Å². The maximum Gasteiger partial charge on any atom is 0.137 e. The Balaban J connectivity index is 2.46. The molecule has 1 unspecified atom stereocenters. The molecule has 1 atom stereocenters. The molecule has 0 aromatic heterocycles. The van der Waals surface area contributed by atoms with Gasteiger partial charge < -0.3 is 5.11 Å². The number of aliphatic hydroxyl groups is 1. The van der Waals surface area contributed by atoms with E-state index in [1.165, 1.54) is 6.07 Å². The number of aliphatic hydroxyl groups excluding tert-OH is 1. The van der Waals surface area contributed by atoms with Gasteiger partial charge in [-0.05, 0) is 70.2 Å². The quantitative estimate of drug-likeness (QED) is 0.819. The van der Waals surface area contributed by atoms with Gasteiger partial charge in [0.2, 0.25) is 0 Å². The first-order chi connectivity index (χ1) is 8.90. The van der Waals surface area contributed by atoms with E-state index in [2.05, 4.69) is 15.9 Å². The molecule has 0 aliphatic heterocycles. The normalized spacial score (nSPS) is 12.5. The first kappa shape index (κ1) is 14.5. The van der Waals surface area contributed by atoms with Crippen molar-refractivity contribution in [3.8, 4) is 0 Å². The van der Waals surface area contributed by atoms with E-state index in [1.54, 1.807) is 12.1 Å². The molecule has 0 aliphatic carbocycles. The van der Waals surface area contributed by atoms with Crippen LogP contribution in [0.15, 0.2) is 34.8 Å². The van der Waals surface area contributed by atoms with Crippen LogP contribution in [0.4, 0.5) is 4.39 Å². The van der Waals surface area contributed by atoms with Crippen molar-refractivity contribution >= 4 is 27.5 Å². The van der Waals surface area contributed by atoms with E-state index in [-0.39, 0.29) is 5.82 Å². The second kappa shape index (κ2) is 5.61. The Morgan fingerprint density at radius 3 is 2.47 bits per heavy atom. The number of aryl methyl sites for hydroxylation is 2. The van der Waals surface area contributed by atoms with Crippen molar-refractivity contribution < 1.29 is 9.50 Å². The zero-order valence-corrected chi connectivity index (χ0v) is 12.9. The molecule has 100 valence electrons. The average Bonchev–Trinajstić information content (AvgIpc) is 2.36. The summed E-state index contributed by atoms with van der Waals surface area (Å²) in [5.41, 5.74) is 3.23. The van der Waals surface area contributed by atoms with Crippen molar-refractivity contribution in [3.63, 3.8) is 0 Å². The van der Waals surface area contributed by atoms with Crippen LogP contribution in [0.25, 0.3) is 0 Å². The fraction of sp³-hybridized carbons (Fsp3) is 0.200. The summed E-state index contributed by atoms with van der Waals surface area (Å²) >= 11 is 9.17. The molecule has 0 fully saturated rings. The maximum atomic E-state index is 13.2. The van der Waals surface area contributed by atoms with Crippen molar-refractivity contribution in [1.29, 1.82) is 0 Å². The lowest BCUT2D eigenvalue weighted by atomic mass is 9.96.